The van der Waals surface area contributed by atoms with Crippen LogP contribution in [-0.4, -0.2) is 16.1 Å². The predicted octanol–water partition coefficient (Wildman–Crippen LogP) is 3.38. The van der Waals surface area contributed by atoms with Gasteiger partial charge in [-0.1, -0.05) is 43.7 Å². The molecule has 0 unspecified atom stereocenters. The lowest BCUT2D eigenvalue weighted by Gasteiger charge is -1.95. The number of carbonyl (C=O) groups is 1. The predicted molar refractivity (Wildman–Crippen MR) is 72.3 cm³/mol. The third-order valence-corrected chi connectivity index (χ3v) is 3.73. The quantitative estimate of drug-likeness (QED) is 0.897. The number of hydrogen-bond donors (Lipinski definition) is 1. The van der Waals surface area contributed by atoms with Gasteiger partial charge in [-0.15, -0.1) is 11.3 Å². The Morgan fingerprint density at radius 3 is 2.67 bits per heavy atom. The van der Waals surface area contributed by atoms with Gasteiger partial charge >= 0.3 is 5.97 Å². The van der Waals surface area contributed by atoms with Crippen LogP contribution in [0.25, 0.3) is 0 Å². The molecular formula is C14H15NO2S. The number of carboxylic acid groups (broad SMARTS) is 1. The molecule has 0 atom stereocenters. The van der Waals surface area contributed by atoms with Gasteiger partial charge in [0.1, 0.15) is 0 Å². The number of nitrogens with zero attached hydrogens (tertiary/aromatic N) is 1. The van der Waals surface area contributed by atoms with Crippen LogP contribution in [-0.2, 0) is 12.8 Å². The van der Waals surface area contributed by atoms with Crippen LogP contribution < -0.4 is 0 Å². The maximum atomic E-state index is 11.1. The van der Waals surface area contributed by atoms with E-state index in [0.29, 0.717) is 6.42 Å². The fraction of sp³-hybridized carbons (Fsp3) is 0.286. The van der Waals surface area contributed by atoms with Gasteiger partial charge in [0.05, 0.1) is 5.01 Å². The molecule has 2 rings (SSSR count). The van der Waals surface area contributed by atoms with Crippen molar-refractivity contribution in [3.05, 3.63) is 51.5 Å². The molecular weight excluding hydrogens is 246 g/mol. The van der Waals surface area contributed by atoms with E-state index in [9.17, 15) is 4.79 Å². The molecule has 4 heteroatoms. The summed E-state index contributed by atoms with van der Waals surface area (Å²) in [6, 6.07) is 9.99. The van der Waals surface area contributed by atoms with Crippen LogP contribution in [0.1, 0.15) is 39.3 Å². The largest absolute Gasteiger partial charge is 0.476 e. The lowest BCUT2D eigenvalue weighted by molar-refractivity contribution is 0.0690. The van der Waals surface area contributed by atoms with Crippen LogP contribution in [0.15, 0.2) is 30.3 Å². The second-order valence-corrected chi connectivity index (χ2v) is 5.27. The van der Waals surface area contributed by atoms with Gasteiger partial charge in [0, 0.05) is 11.3 Å². The van der Waals surface area contributed by atoms with Gasteiger partial charge < -0.3 is 5.11 Å². The van der Waals surface area contributed by atoms with Crippen LogP contribution in [0.5, 0.6) is 0 Å². The van der Waals surface area contributed by atoms with Crippen molar-refractivity contribution in [2.45, 2.75) is 26.2 Å². The Labute approximate surface area is 110 Å². The van der Waals surface area contributed by atoms with E-state index in [1.807, 2.05) is 37.3 Å². The smallest absolute Gasteiger partial charge is 0.355 e. The van der Waals surface area contributed by atoms with E-state index in [0.717, 1.165) is 28.3 Å². The first-order valence-electron chi connectivity index (χ1n) is 5.96. The molecule has 0 aliphatic carbocycles. The Morgan fingerprint density at radius 2 is 2.06 bits per heavy atom. The number of rotatable bonds is 5. The van der Waals surface area contributed by atoms with E-state index in [1.54, 1.807) is 0 Å². The number of carboxylic acids is 1. The van der Waals surface area contributed by atoms with Crippen molar-refractivity contribution >= 4 is 17.3 Å². The Morgan fingerprint density at radius 1 is 1.33 bits per heavy atom. The third-order valence-electron chi connectivity index (χ3n) is 2.62. The molecule has 0 bridgehead atoms. The van der Waals surface area contributed by atoms with E-state index >= 15 is 0 Å². The van der Waals surface area contributed by atoms with Gasteiger partial charge in [0.25, 0.3) is 0 Å². The number of hydrogen-bond acceptors (Lipinski definition) is 3. The molecule has 3 nitrogen and oxygen atoms in total. The number of aromatic nitrogens is 1. The molecule has 1 N–H and O–H groups in total. The zero-order valence-electron chi connectivity index (χ0n) is 10.2. The summed E-state index contributed by atoms with van der Waals surface area (Å²) in [7, 11) is 0. The summed E-state index contributed by atoms with van der Waals surface area (Å²) in [5.74, 6) is -0.922. The lowest BCUT2D eigenvalue weighted by atomic mass is 10.2. The summed E-state index contributed by atoms with van der Waals surface area (Å²) in [6.45, 7) is 2.04. The van der Waals surface area contributed by atoms with E-state index in [4.69, 9.17) is 5.11 Å². The Bertz CT molecular complexity index is 534. The molecule has 0 aliphatic heterocycles. The molecule has 2 aromatic rings. The molecule has 0 saturated carbocycles. The highest BCUT2D eigenvalue weighted by Gasteiger charge is 2.16. The first kappa shape index (κ1) is 12.8. The molecule has 1 heterocycles. The molecule has 0 radical (unpaired) electrons. The van der Waals surface area contributed by atoms with E-state index in [-0.39, 0.29) is 5.69 Å². The van der Waals surface area contributed by atoms with E-state index in [1.165, 1.54) is 11.3 Å². The minimum atomic E-state index is -0.922. The van der Waals surface area contributed by atoms with Crippen molar-refractivity contribution in [1.29, 1.82) is 0 Å². The molecule has 0 spiro atoms. The number of aromatic carboxylic acids is 1. The summed E-state index contributed by atoms with van der Waals surface area (Å²) in [6.07, 6.45) is 2.43. The second-order valence-electron chi connectivity index (χ2n) is 4.10. The van der Waals surface area contributed by atoms with Gasteiger partial charge in [0.2, 0.25) is 0 Å². The molecule has 1 aromatic carbocycles. The standard InChI is InChI=1S/C14H15NO2S/c1-2-6-11-13(14(16)17)15-12(18-11)9-10-7-4-3-5-8-10/h3-5,7-8H,2,6,9H2,1H3,(H,16,17). The number of thiazole rings is 1. The SMILES string of the molecule is CCCc1sc(Cc2ccccc2)nc1C(=O)O. The zero-order valence-corrected chi connectivity index (χ0v) is 11.0. The first-order chi connectivity index (χ1) is 8.70. The van der Waals surface area contributed by atoms with Crippen LogP contribution in [0.3, 0.4) is 0 Å². The third kappa shape index (κ3) is 2.96. The molecule has 0 fully saturated rings. The molecule has 0 aliphatic rings. The van der Waals surface area contributed by atoms with Crippen molar-refractivity contribution in [1.82, 2.24) is 4.98 Å². The lowest BCUT2D eigenvalue weighted by Crippen LogP contribution is -2.01. The van der Waals surface area contributed by atoms with Gasteiger partial charge in [0.15, 0.2) is 5.69 Å². The Kier molecular flexibility index (Phi) is 4.10. The van der Waals surface area contributed by atoms with Crippen molar-refractivity contribution in [3.8, 4) is 0 Å². The average Bonchev–Trinajstić information content (AvgIpc) is 2.74. The Balaban J connectivity index is 2.24. The maximum absolute atomic E-state index is 11.1. The molecule has 18 heavy (non-hydrogen) atoms. The summed E-state index contributed by atoms with van der Waals surface area (Å²) < 4.78 is 0. The highest BCUT2D eigenvalue weighted by atomic mass is 32.1. The number of benzene rings is 1. The minimum absolute atomic E-state index is 0.229. The van der Waals surface area contributed by atoms with Gasteiger partial charge in [-0.2, -0.15) is 0 Å². The van der Waals surface area contributed by atoms with Gasteiger partial charge in [-0.25, -0.2) is 9.78 Å². The van der Waals surface area contributed by atoms with Crippen molar-refractivity contribution in [3.63, 3.8) is 0 Å². The van der Waals surface area contributed by atoms with E-state index < -0.39 is 5.97 Å². The normalized spacial score (nSPS) is 10.5. The molecule has 0 saturated heterocycles. The Hall–Kier alpha value is -1.68. The van der Waals surface area contributed by atoms with Gasteiger partial charge in [-0.3, -0.25) is 0 Å². The highest BCUT2D eigenvalue weighted by molar-refractivity contribution is 7.11. The van der Waals surface area contributed by atoms with Gasteiger partial charge in [-0.05, 0) is 12.0 Å². The summed E-state index contributed by atoms with van der Waals surface area (Å²) >= 11 is 1.52. The van der Waals surface area contributed by atoms with Crippen molar-refractivity contribution in [2.24, 2.45) is 0 Å². The highest BCUT2D eigenvalue weighted by Crippen LogP contribution is 2.22. The summed E-state index contributed by atoms with van der Waals surface area (Å²) in [4.78, 5) is 16.2. The zero-order chi connectivity index (χ0) is 13.0. The van der Waals surface area contributed by atoms with Crippen LogP contribution in [0.2, 0.25) is 0 Å². The van der Waals surface area contributed by atoms with Crippen molar-refractivity contribution in [2.75, 3.05) is 0 Å². The fourth-order valence-electron chi connectivity index (χ4n) is 1.81. The van der Waals surface area contributed by atoms with Crippen LogP contribution in [0.4, 0.5) is 0 Å². The minimum Gasteiger partial charge on any atom is -0.476 e. The topological polar surface area (TPSA) is 50.2 Å². The second kappa shape index (κ2) is 5.78. The first-order valence-corrected chi connectivity index (χ1v) is 6.78. The summed E-state index contributed by atoms with van der Waals surface area (Å²) in [5.41, 5.74) is 1.39. The fourth-order valence-corrected chi connectivity index (χ4v) is 3.01. The number of aryl methyl sites for hydroxylation is 1. The maximum Gasteiger partial charge on any atom is 0.355 e. The molecule has 0 amide bonds. The summed E-state index contributed by atoms with van der Waals surface area (Å²) in [5, 5.41) is 9.99. The van der Waals surface area contributed by atoms with Crippen molar-refractivity contribution < 1.29 is 9.90 Å². The van der Waals surface area contributed by atoms with Crippen LogP contribution in [0, 0.1) is 0 Å². The van der Waals surface area contributed by atoms with Crippen LogP contribution >= 0.6 is 11.3 Å². The average molecular weight is 261 g/mol. The molecule has 94 valence electrons. The molecule has 1 aromatic heterocycles. The van der Waals surface area contributed by atoms with E-state index in [2.05, 4.69) is 4.98 Å². The monoisotopic (exact) mass is 261 g/mol.